The molecular weight excluding hydrogens is 316 g/mol. The summed E-state index contributed by atoms with van der Waals surface area (Å²) in [6.45, 7) is 0. The molecular formula is C17H9ClN2O3. The number of aromatic nitrogens is 2. The normalized spacial score (nSPS) is 11.0. The van der Waals surface area contributed by atoms with E-state index in [4.69, 9.17) is 20.4 Å². The summed E-state index contributed by atoms with van der Waals surface area (Å²) < 4.78 is 10.9. The molecule has 2 aromatic carbocycles. The highest BCUT2D eigenvalue weighted by Crippen LogP contribution is 2.25. The van der Waals surface area contributed by atoms with Gasteiger partial charge in [0.25, 0.3) is 5.89 Å². The quantitative estimate of drug-likeness (QED) is 0.518. The molecule has 0 fully saturated rings. The van der Waals surface area contributed by atoms with Crippen molar-refractivity contribution in [2.45, 2.75) is 0 Å². The topological polar surface area (TPSA) is 69.1 Å². The van der Waals surface area contributed by atoms with Crippen LogP contribution in [0.1, 0.15) is 0 Å². The van der Waals surface area contributed by atoms with Crippen LogP contribution in [-0.2, 0) is 0 Å². The third kappa shape index (κ3) is 2.51. The minimum atomic E-state index is -0.519. The Morgan fingerprint density at radius 1 is 0.870 bits per heavy atom. The van der Waals surface area contributed by atoms with Crippen molar-refractivity contribution in [1.82, 2.24) is 10.2 Å². The molecule has 0 N–H and O–H groups in total. The summed E-state index contributed by atoms with van der Waals surface area (Å²) in [6.07, 6.45) is 0. The van der Waals surface area contributed by atoms with E-state index in [2.05, 4.69) is 10.2 Å². The Balaban J connectivity index is 1.81. The van der Waals surface area contributed by atoms with E-state index in [1.165, 1.54) is 0 Å². The summed E-state index contributed by atoms with van der Waals surface area (Å²) in [5.41, 5.74) is 0.948. The van der Waals surface area contributed by atoms with E-state index in [-0.39, 0.29) is 11.5 Å². The molecule has 4 rings (SSSR count). The van der Waals surface area contributed by atoms with Gasteiger partial charge in [-0.25, -0.2) is 4.79 Å². The summed E-state index contributed by atoms with van der Waals surface area (Å²) in [5.74, 6) is 0.429. The molecule has 0 bridgehead atoms. The monoisotopic (exact) mass is 324 g/mol. The Hall–Kier alpha value is -2.92. The highest BCUT2D eigenvalue weighted by molar-refractivity contribution is 6.30. The lowest BCUT2D eigenvalue weighted by Crippen LogP contribution is -2.02. The predicted molar refractivity (Wildman–Crippen MR) is 86.2 cm³/mol. The molecule has 112 valence electrons. The van der Waals surface area contributed by atoms with Crippen molar-refractivity contribution < 1.29 is 8.83 Å². The standard InChI is InChI=1S/C17H9ClN2O3/c18-12-7-5-10(6-8-12)15-19-20-16(23-15)13-9-11-3-1-2-4-14(11)22-17(13)21/h1-9H. The summed E-state index contributed by atoms with van der Waals surface area (Å²) in [7, 11) is 0. The van der Waals surface area contributed by atoms with Gasteiger partial charge in [-0.2, -0.15) is 0 Å². The molecule has 6 heteroatoms. The van der Waals surface area contributed by atoms with Crippen molar-refractivity contribution in [3.8, 4) is 22.9 Å². The third-order valence-corrected chi connectivity index (χ3v) is 3.64. The van der Waals surface area contributed by atoms with E-state index < -0.39 is 5.63 Å². The van der Waals surface area contributed by atoms with Crippen LogP contribution in [0.4, 0.5) is 0 Å². The predicted octanol–water partition coefficient (Wildman–Crippen LogP) is 4.16. The highest BCUT2D eigenvalue weighted by Gasteiger charge is 2.15. The van der Waals surface area contributed by atoms with Crippen LogP contribution in [0.25, 0.3) is 33.9 Å². The van der Waals surface area contributed by atoms with Gasteiger partial charge in [-0.05, 0) is 36.4 Å². The summed E-state index contributed by atoms with van der Waals surface area (Å²) in [4.78, 5) is 12.1. The average Bonchev–Trinajstić information content (AvgIpc) is 3.04. The Morgan fingerprint density at radius 3 is 2.43 bits per heavy atom. The van der Waals surface area contributed by atoms with Crippen molar-refractivity contribution in [2.75, 3.05) is 0 Å². The largest absolute Gasteiger partial charge is 0.422 e. The Morgan fingerprint density at radius 2 is 1.61 bits per heavy atom. The fraction of sp³-hybridized carbons (Fsp3) is 0. The number of halogens is 1. The maximum Gasteiger partial charge on any atom is 0.349 e. The van der Waals surface area contributed by atoms with Crippen LogP contribution < -0.4 is 5.63 Å². The lowest BCUT2D eigenvalue weighted by Gasteiger charge is -1.98. The summed E-state index contributed by atoms with van der Waals surface area (Å²) >= 11 is 5.86. The van der Waals surface area contributed by atoms with Gasteiger partial charge in [0, 0.05) is 16.0 Å². The molecule has 23 heavy (non-hydrogen) atoms. The SMILES string of the molecule is O=c1oc2ccccc2cc1-c1nnc(-c2ccc(Cl)cc2)o1. The highest BCUT2D eigenvalue weighted by atomic mass is 35.5. The molecule has 0 saturated heterocycles. The van der Waals surface area contributed by atoms with E-state index in [1.807, 2.05) is 12.1 Å². The van der Waals surface area contributed by atoms with E-state index in [0.717, 1.165) is 10.9 Å². The number of fused-ring (bicyclic) bond motifs is 1. The number of benzene rings is 2. The Kier molecular flexibility index (Phi) is 3.20. The van der Waals surface area contributed by atoms with Gasteiger partial charge in [0.2, 0.25) is 5.89 Å². The molecule has 0 unspecified atom stereocenters. The summed E-state index contributed by atoms with van der Waals surface area (Å²) in [6, 6.07) is 15.9. The van der Waals surface area contributed by atoms with Gasteiger partial charge in [-0.1, -0.05) is 29.8 Å². The van der Waals surface area contributed by atoms with Crippen LogP contribution in [0.3, 0.4) is 0 Å². The van der Waals surface area contributed by atoms with Crippen molar-refractivity contribution >= 4 is 22.6 Å². The second-order valence-electron chi connectivity index (χ2n) is 4.90. The van der Waals surface area contributed by atoms with E-state index >= 15 is 0 Å². The lowest BCUT2D eigenvalue weighted by atomic mass is 10.2. The first-order chi connectivity index (χ1) is 11.2. The van der Waals surface area contributed by atoms with Gasteiger partial charge >= 0.3 is 5.63 Å². The van der Waals surface area contributed by atoms with Crippen LogP contribution >= 0.6 is 11.6 Å². The maximum absolute atomic E-state index is 12.1. The zero-order valence-electron chi connectivity index (χ0n) is 11.7. The smallest absolute Gasteiger partial charge is 0.349 e. The van der Waals surface area contributed by atoms with Gasteiger partial charge in [-0.15, -0.1) is 10.2 Å². The van der Waals surface area contributed by atoms with E-state index in [0.29, 0.717) is 16.5 Å². The third-order valence-electron chi connectivity index (χ3n) is 3.39. The number of para-hydroxylation sites is 1. The first kappa shape index (κ1) is 13.7. The molecule has 2 heterocycles. The van der Waals surface area contributed by atoms with Gasteiger partial charge in [0.1, 0.15) is 11.1 Å². The fourth-order valence-electron chi connectivity index (χ4n) is 2.25. The molecule has 0 saturated carbocycles. The molecule has 0 aliphatic heterocycles. The number of nitrogens with zero attached hydrogens (tertiary/aromatic N) is 2. The molecule has 4 aromatic rings. The van der Waals surface area contributed by atoms with Crippen LogP contribution in [0, 0.1) is 0 Å². The van der Waals surface area contributed by atoms with Crippen LogP contribution in [0.2, 0.25) is 5.02 Å². The number of hydrogen-bond acceptors (Lipinski definition) is 5. The first-order valence-corrected chi connectivity index (χ1v) is 7.21. The molecule has 0 amide bonds. The average molecular weight is 325 g/mol. The molecule has 0 aliphatic rings. The van der Waals surface area contributed by atoms with E-state index in [9.17, 15) is 4.79 Å². The zero-order chi connectivity index (χ0) is 15.8. The number of rotatable bonds is 2. The van der Waals surface area contributed by atoms with Crippen molar-refractivity contribution in [1.29, 1.82) is 0 Å². The van der Waals surface area contributed by atoms with Gasteiger partial charge < -0.3 is 8.83 Å². The molecule has 0 atom stereocenters. The van der Waals surface area contributed by atoms with Crippen molar-refractivity contribution in [2.24, 2.45) is 0 Å². The van der Waals surface area contributed by atoms with Crippen molar-refractivity contribution in [3.05, 3.63) is 70.0 Å². The molecule has 0 spiro atoms. The van der Waals surface area contributed by atoms with Gasteiger partial charge in [0.05, 0.1) is 0 Å². The van der Waals surface area contributed by atoms with Crippen molar-refractivity contribution in [3.63, 3.8) is 0 Å². The zero-order valence-corrected chi connectivity index (χ0v) is 12.4. The fourth-order valence-corrected chi connectivity index (χ4v) is 2.38. The lowest BCUT2D eigenvalue weighted by molar-refractivity contribution is 0.547. The molecule has 0 aliphatic carbocycles. The minimum Gasteiger partial charge on any atom is -0.422 e. The Labute approximate surface area is 135 Å². The maximum atomic E-state index is 12.1. The van der Waals surface area contributed by atoms with Crippen LogP contribution in [-0.4, -0.2) is 10.2 Å². The number of hydrogen-bond donors (Lipinski definition) is 0. The summed E-state index contributed by atoms with van der Waals surface area (Å²) in [5, 5.41) is 9.32. The molecule has 5 nitrogen and oxygen atoms in total. The first-order valence-electron chi connectivity index (χ1n) is 6.83. The van der Waals surface area contributed by atoms with Crippen LogP contribution in [0.15, 0.2) is 68.2 Å². The van der Waals surface area contributed by atoms with Crippen LogP contribution in [0.5, 0.6) is 0 Å². The van der Waals surface area contributed by atoms with Gasteiger partial charge in [-0.3, -0.25) is 0 Å². The molecule has 2 aromatic heterocycles. The van der Waals surface area contributed by atoms with Gasteiger partial charge in [0.15, 0.2) is 0 Å². The molecule has 0 radical (unpaired) electrons. The second-order valence-corrected chi connectivity index (χ2v) is 5.34. The van der Waals surface area contributed by atoms with E-state index in [1.54, 1.807) is 42.5 Å². The Bertz CT molecular complexity index is 1050. The minimum absolute atomic E-state index is 0.120. The second kappa shape index (κ2) is 5.37.